The number of nitrogens with zero attached hydrogens (tertiary/aromatic N) is 2. The van der Waals surface area contributed by atoms with Crippen LogP contribution in [-0.2, 0) is 6.42 Å². The van der Waals surface area contributed by atoms with E-state index in [4.69, 9.17) is 5.73 Å². The first-order valence-electron chi connectivity index (χ1n) is 5.53. The molecule has 0 spiro atoms. The molecule has 0 radical (unpaired) electrons. The van der Waals surface area contributed by atoms with Gasteiger partial charge in [-0.15, -0.1) is 0 Å². The van der Waals surface area contributed by atoms with E-state index in [-0.39, 0.29) is 0 Å². The smallest absolute Gasteiger partial charge is 0.104 e. The average molecular weight is 218 g/mol. The zero-order valence-electron chi connectivity index (χ0n) is 9.83. The number of aryl methyl sites for hydroxylation is 1. The lowest BCUT2D eigenvalue weighted by Crippen LogP contribution is -2.27. The van der Waals surface area contributed by atoms with E-state index < -0.39 is 0 Å². The van der Waals surface area contributed by atoms with Crippen molar-refractivity contribution < 1.29 is 0 Å². The quantitative estimate of drug-likeness (QED) is 0.760. The second-order valence-electron chi connectivity index (χ2n) is 4.19. The highest BCUT2D eigenvalue weighted by molar-refractivity contribution is 5.75. The summed E-state index contributed by atoms with van der Waals surface area (Å²) in [5.41, 5.74) is 9.01. The summed E-state index contributed by atoms with van der Waals surface area (Å²) >= 11 is 0. The Hall–Kier alpha value is -1.39. The van der Waals surface area contributed by atoms with Crippen molar-refractivity contribution in [3.8, 4) is 0 Å². The Balaban J connectivity index is 2.13. The number of hydrogen-bond acceptors (Lipinski definition) is 3. The molecule has 2 rings (SSSR count). The van der Waals surface area contributed by atoms with Gasteiger partial charge in [0.2, 0.25) is 0 Å². The predicted molar refractivity (Wildman–Crippen MR) is 66.2 cm³/mol. The van der Waals surface area contributed by atoms with Gasteiger partial charge in [0.25, 0.3) is 0 Å². The van der Waals surface area contributed by atoms with Crippen LogP contribution in [0.3, 0.4) is 0 Å². The van der Waals surface area contributed by atoms with Crippen LogP contribution in [0.4, 0.5) is 0 Å². The highest BCUT2D eigenvalue weighted by atomic mass is 15.1. The first-order valence-corrected chi connectivity index (χ1v) is 5.53. The number of imidazole rings is 1. The molecular formula is C12H18N4. The molecule has 86 valence electrons. The number of likely N-dealkylation sites (N-methyl/N-ethyl adjacent to an activating group) is 1. The van der Waals surface area contributed by atoms with Crippen LogP contribution in [0.25, 0.3) is 11.0 Å². The second-order valence-corrected chi connectivity index (χ2v) is 4.19. The molecule has 0 bridgehead atoms. The molecule has 0 aliphatic rings. The molecular weight excluding hydrogens is 200 g/mol. The highest BCUT2D eigenvalue weighted by Gasteiger charge is 2.02. The Labute approximate surface area is 95.5 Å². The van der Waals surface area contributed by atoms with Crippen LogP contribution < -0.4 is 5.73 Å². The molecule has 0 saturated heterocycles. The van der Waals surface area contributed by atoms with Crippen LogP contribution in [0.15, 0.2) is 18.2 Å². The maximum Gasteiger partial charge on any atom is 0.104 e. The van der Waals surface area contributed by atoms with E-state index in [2.05, 4.69) is 33.1 Å². The molecule has 4 heteroatoms. The lowest BCUT2D eigenvalue weighted by atomic mass is 10.1. The number of H-pyrrole nitrogens is 1. The number of nitrogens with one attached hydrogen (secondary N) is 1. The van der Waals surface area contributed by atoms with Crippen LogP contribution in [0, 0.1) is 6.92 Å². The predicted octanol–water partition coefficient (Wildman–Crippen LogP) is 1.26. The molecule has 0 aliphatic heterocycles. The van der Waals surface area contributed by atoms with Crippen molar-refractivity contribution in [1.29, 1.82) is 0 Å². The topological polar surface area (TPSA) is 57.9 Å². The third kappa shape index (κ3) is 2.40. The minimum absolute atomic E-state index is 0.603. The van der Waals surface area contributed by atoms with Crippen molar-refractivity contribution in [3.05, 3.63) is 29.6 Å². The third-order valence-corrected chi connectivity index (χ3v) is 2.76. The van der Waals surface area contributed by atoms with Crippen molar-refractivity contribution in [2.75, 3.05) is 20.3 Å². The van der Waals surface area contributed by atoms with Crippen molar-refractivity contribution in [3.63, 3.8) is 0 Å². The maximum atomic E-state index is 5.54. The first kappa shape index (κ1) is 11.1. The summed E-state index contributed by atoms with van der Waals surface area (Å²) in [6.07, 6.45) is 1.02. The SMILES string of the molecule is Cc1nc2ccc(CCN(C)CN)cc2[nH]1. The molecule has 3 N–H and O–H groups in total. The zero-order valence-corrected chi connectivity index (χ0v) is 9.83. The van der Waals surface area contributed by atoms with Crippen LogP contribution in [0.5, 0.6) is 0 Å². The minimum Gasteiger partial charge on any atom is -0.342 e. The van der Waals surface area contributed by atoms with E-state index in [9.17, 15) is 0 Å². The number of benzene rings is 1. The van der Waals surface area contributed by atoms with Gasteiger partial charge in [-0.05, 0) is 38.1 Å². The van der Waals surface area contributed by atoms with Gasteiger partial charge < -0.3 is 10.7 Å². The van der Waals surface area contributed by atoms with Crippen LogP contribution in [-0.4, -0.2) is 35.1 Å². The largest absolute Gasteiger partial charge is 0.342 e. The first-order chi connectivity index (χ1) is 7.69. The standard InChI is InChI=1S/C12H18N4/c1-9-14-11-4-3-10(7-12(11)15-9)5-6-16(2)8-13/h3-4,7H,5-6,8,13H2,1-2H3,(H,14,15). The Morgan fingerprint density at radius 1 is 1.44 bits per heavy atom. The minimum atomic E-state index is 0.603. The van der Waals surface area contributed by atoms with Crippen molar-refractivity contribution in [1.82, 2.24) is 14.9 Å². The number of rotatable bonds is 4. The molecule has 0 amide bonds. The van der Waals surface area contributed by atoms with Crippen LogP contribution in [0.1, 0.15) is 11.4 Å². The summed E-state index contributed by atoms with van der Waals surface area (Å²) in [7, 11) is 2.03. The fraction of sp³-hybridized carbons (Fsp3) is 0.417. The third-order valence-electron chi connectivity index (χ3n) is 2.76. The monoisotopic (exact) mass is 218 g/mol. The normalized spacial score (nSPS) is 11.5. The highest BCUT2D eigenvalue weighted by Crippen LogP contribution is 2.13. The molecule has 0 saturated carbocycles. The van der Waals surface area contributed by atoms with E-state index >= 15 is 0 Å². The van der Waals surface area contributed by atoms with Gasteiger partial charge >= 0.3 is 0 Å². The lowest BCUT2D eigenvalue weighted by molar-refractivity contribution is 0.349. The molecule has 0 atom stereocenters. The Morgan fingerprint density at radius 3 is 3.00 bits per heavy atom. The fourth-order valence-corrected chi connectivity index (χ4v) is 1.75. The maximum absolute atomic E-state index is 5.54. The van der Waals surface area contributed by atoms with Crippen LogP contribution in [0.2, 0.25) is 0 Å². The van der Waals surface area contributed by atoms with Gasteiger partial charge in [0.05, 0.1) is 11.0 Å². The zero-order chi connectivity index (χ0) is 11.5. The summed E-state index contributed by atoms with van der Waals surface area (Å²) in [4.78, 5) is 9.73. The molecule has 1 heterocycles. The summed E-state index contributed by atoms with van der Waals surface area (Å²) in [6, 6.07) is 6.36. The number of aromatic amines is 1. The Kier molecular flexibility index (Phi) is 3.22. The van der Waals surface area contributed by atoms with Gasteiger partial charge in [0, 0.05) is 13.2 Å². The van der Waals surface area contributed by atoms with Crippen molar-refractivity contribution in [2.45, 2.75) is 13.3 Å². The van der Waals surface area contributed by atoms with Gasteiger partial charge in [-0.2, -0.15) is 0 Å². The molecule has 1 aromatic carbocycles. The molecule has 4 nitrogen and oxygen atoms in total. The summed E-state index contributed by atoms with van der Waals surface area (Å²) in [5.74, 6) is 0.964. The van der Waals surface area contributed by atoms with E-state index in [1.165, 1.54) is 5.56 Å². The molecule has 0 aliphatic carbocycles. The van der Waals surface area contributed by atoms with E-state index in [0.29, 0.717) is 6.67 Å². The van der Waals surface area contributed by atoms with Gasteiger partial charge in [-0.3, -0.25) is 4.90 Å². The molecule has 1 aromatic heterocycles. The number of aromatic nitrogens is 2. The molecule has 2 aromatic rings. The summed E-state index contributed by atoms with van der Waals surface area (Å²) in [5, 5.41) is 0. The van der Waals surface area contributed by atoms with E-state index in [1.54, 1.807) is 0 Å². The molecule has 16 heavy (non-hydrogen) atoms. The van der Waals surface area contributed by atoms with E-state index in [1.807, 2.05) is 14.0 Å². The van der Waals surface area contributed by atoms with Crippen molar-refractivity contribution in [2.24, 2.45) is 5.73 Å². The van der Waals surface area contributed by atoms with Gasteiger partial charge in [-0.25, -0.2) is 4.98 Å². The van der Waals surface area contributed by atoms with Gasteiger partial charge in [0.1, 0.15) is 5.82 Å². The van der Waals surface area contributed by atoms with Gasteiger partial charge in [0.15, 0.2) is 0 Å². The summed E-state index contributed by atoms with van der Waals surface area (Å²) in [6.45, 7) is 3.56. The summed E-state index contributed by atoms with van der Waals surface area (Å²) < 4.78 is 0. The Morgan fingerprint density at radius 2 is 2.25 bits per heavy atom. The Bertz CT molecular complexity index is 475. The average Bonchev–Trinajstić information content (AvgIpc) is 2.65. The van der Waals surface area contributed by atoms with E-state index in [0.717, 1.165) is 29.8 Å². The van der Waals surface area contributed by atoms with Gasteiger partial charge in [-0.1, -0.05) is 6.07 Å². The van der Waals surface area contributed by atoms with Crippen molar-refractivity contribution >= 4 is 11.0 Å². The molecule has 0 unspecified atom stereocenters. The number of hydrogen-bond donors (Lipinski definition) is 2. The molecule has 0 fully saturated rings. The fourth-order valence-electron chi connectivity index (χ4n) is 1.75. The second kappa shape index (κ2) is 4.63. The number of fused-ring (bicyclic) bond motifs is 1. The van der Waals surface area contributed by atoms with Crippen LogP contribution >= 0.6 is 0 Å². The lowest BCUT2D eigenvalue weighted by Gasteiger charge is -2.12. The number of nitrogens with two attached hydrogens (primary N) is 1.